The van der Waals surface area contributed by atoms with Crippen LogP contribution in [-0.2, 0) is 0 Å². The first-order chi connectivity index (χ1) is 7.16. The Labute approximate surface area is 106 Å². The lowest BCUT2D eigenvalue weighted by Crippen LogP contribution is -2.37. The van der Waals surface area contributed by atoms with Crippen LogP contribution >= 0.6 is 11.8 Å². The second kappa shape index (κ2) is 6.87. The molecule has 0 aliphatic carbocycles. The number of nitrogens with one attached hydrogen (secondary N) is 1. The van der Waals surface area contributed by atoms with Crippen molar-refractivity contribution in [2.24, 2.45) is 5.41 Å². The van der Waals surface area contributed by atoms with Crippen LogP contribution < -0.4 is 5.32 Å². The van der Waals surface area contributed by atoms with Crippen molar-refractivity contribution in [3.8, 4) is 0 Å². The van der Waals surface area contributed by atoms with Crippen LogP contribution in [0.15, 0.2) is 0 Å². The molecule has 0 saturated heterocycles. The van der Waals surface area contributed by atoms with Gasteiger partial charge in [0.2, 0.25) is 0 Å². The molecule has 0 rings (SSSR count). The third kappa shape index (κ3) is 9.49. The third-order valence-corrected chi connectivity index (χ3v) is 4.02. The van der Waals surface area contributed by atoms with E-state index in [1.54, 1.807) is 0 Å². The number of thioether (sulfide) groups is 1. The van der Waals surface area contributed by atoms with Crippen molar-refractivity contribution in [1.82, 2.24) is 5.32 Å². The first-order valence-corrected chi connectivity index (χ1v) is 7.13. The molecule has 0 saturated carbocycles. The maximum atomic E-state index is 8.95. The van der Waals surface area contributed by atoms with Crippen LogP contribution in [0.3, 0.4) is 0 Å². The first kappa shape index (κ1) is 16.3. The Kier molecular flexibility index (Phi) is 6.99. The van der Waals surface area contributed by atoms with E-state index in [4.69, 9.17) is 5.11 Å². The summed E-state index contributed by atoms with van der Waals surface area (Å²) in [4.78, 5) is 0. The topological polar surface area (TPSA) is 32.3 Å². The van der Waals surface area contributed by atoms with Gasteiger partial charge in [-0.25, -0.2) is 0 Å². The normalized spacial score (nSPS) is 15.2. The van der Waals surface area contributed by atoms with E-state index in [9.17, 15) is 0 Å². The van der Waals surface area contributed by atoms with Gasteiger partial charge in [0.1, 0.15) is 0 Å². The smallest absolute Gasteiger partial charge is 0.0436 e. The molecule has 2 N–H and O–H groups in total. The summed E-state index contributed by atoms with van der Waals surface area (Å²) in [5.74, 6) is 1.14. The summed E-state index contributed by atoms with van der Waals surface area (Å²) in [5.41, 5.74) is 0.190. The van der Waals surface area contributed by atoms with E-state index in [1.165, 1.54) is 0 Å². The lowest BCUT2D eigenvalue weighted by atomic mass is 9.89. The minimum absolute atomic E-state index is 0.190. The molecule has 0 aromatic carbocycles. The SMILES string of the molecule is CC(CSC(C)(C)C)NCC(C)(C)CCO. The summed E-state index contributed by atoms with van der Waals surface area (Å²) in [6.45, 7) is 14.6. The van der Waals surface area contributed by atoms with Gasteiger partial charge in [-0.05, 0) is 18.8 Å². The van der Waals surface area contributed by atoms with Crippen molar-refractivity contribution in [2.75, 3.05) is 18.9 Å². The molecule has 1 atom stereocenters. The summed E-state index contributed by atoms with van der Waals surface area (Å²) in [5, 5.41) is 12.5. The van der Waals surface area contributed by atoms with Crippen molar-refractivity contribution in [3.05, 3.63) is 0 Å². The Hall–Kier alpha value is 0.270. The van der Waals surface area contributed by atoms with Crippen molar-refractivity contribution in [3.63, 3.8) is 0 Å². The van der Waals surface area contributed by atoms with Crippen molar-refractivity contribution in [1.29, 1.82) is 0 Å². The highest BCUT2D eigenvalue weighted by atomic mass is 32.2. The van der Waals surface area contributed by atoms with Crippen LogP contribution in [0, 0.1) is 5.41 Å². The highest BCUT2D eigenvalue weighted by Crippen LogP contribution is 2.24. The summed E-state index contributed by atoms with van der Waals surface area (Å²) < 4.78 is 0.344. The molecule has 1 unspecified atom stereocenters. The van der Waals surface area contributed by atoms with Gasteiger partial charge in [0.25, 0.3) is 0 Å². The van der Waals surface area contributed by atoms with Gasteiger partial charge in [0.15, 0.2) is 0 Å². The lowest BCUT2D eigenvalue weighted by Gasteiger charge is -2.27. The molecule has 2 nitrogen and oxygen atoms in total. The molecule has 0 aliphatic rings. The molecular formula is C13H29NOS. The largest absolute Gasteiger partial charge is 0.396 e. The van der Waals surface area contributed by atoms with E-state index in [0.717, 1.165) is 18.7 Å². The zero-order valence-electron chi connectivity index (χ0n) is 11.8. The standard InChI is InChI=1S/C13H29NOS/c1-11(9-16-12(2,3)4)14-10-13(5,6)7-8-15/h11,14-15H,7-10H2,1-6H3. The van der Waals surface area contributed by atoms with Gasteiger partial charge in [0.05, 0.1) is 0 Å². The summed E-state index contributed by atoms with van der Waals surface area (Å²) in [6, 6.07) is 0.530. The van der Waals surface area contributed by atoms with E-state index in [0.29, 0.717) is 10.8 Å². The molecule has 3 heteroatoms. The molecule has 16 heavy (non-hydrogen) atoms. The molecule has 0 fully saturated rings. The number of aliphatic hydroxyl groups excluding tert-OH is 1. The first-order valence-electron chi connectivity index (χ1n) is 6.14. The van der Waals surface area contributed by atoms with Crippen molar-refractivity contribution in [2.45, 2.75) is 58.8 Å². The molecular weight excluding hydrogens is 218 g/mol. The average molecular weight is 247 g/mol. The fraction of sp³-hybridized carbons (Fsp3) is 1.00. The molecule has 0 aromatic heterocycles. The maximum absolute atomic E-state index is 8.95. The van der Waals surface area contributed by atoms with E-state index < -0.39 is 0 Å². The number of hydrogen-bond acceptors (Lipinski definition) is 3. The molecule has 0 bridgehead atoms. The molecule has 0 amide bonds. The Bertz CT molecular complexity index is 187. The highest BCUT2D eigenvalue weighted by Gasteiger charge is 2.18. The van der Waals surface area contributed by atoms with Crippen LogP contribution in [0.2, 0.25) is 0 Å². The zero-order chi connectivity index (χ0) is 12.8. The minimum Gasteiger partial charge on any atom is -0.396 e. The molecule has 0 spiro atoms. The summed E-state index contributed by atoms with van der Waals surface area (Å²) in [7, 11) is 0. The van der Waals surface area contributed by atoms with Crippen LogP contribution in [0.25, 0.3) is 0 Å². The number of hydrogen-bond donors (Lipinski definition) is 2. The van der Waals surface area contributed by atoms with E-state index in [1.807, 2.05) is 11.8 Å². The van der Waals surface area contributed by atoms with Gasteiger partial charge in [-0.1, -0.05) is 34.6 Å². The van der Waals surface area contributed by atoms with Crippen molar-refractivity contribution >= 4 is 11.8 Å². The highest BCUT2D eigenvalue weighted by molar-refractivity contribution is 8.00. The fourth-order valence-corrected chi connectivity index (χ4v) is 2.14. The predicted molar refractivity (Wildman–Crippen MR) is 75.2 cm³/mol. The number of rotatable bonds is 7. The quantitative estimate of drug-likeness (QED) is 0.725. The Morgan fingerprint density at radius 3 is 2.19 bits per heavy atom. The molecule has 0 heterocycles. The Morgan fingerprint density at radius 1 is 1.19 bits per heavy atom. The summed E-state index contributed by atoms with van der Waals surface area (Å²) in [6.07, 6.45) is 0.860. The van der Waals surface area contributed by atoms with Gasteiger partial charge in [-0.3, -0.25) is 0 Å². The van der Waals surface area contributed by atoms with Crippen LogP contribution in [-0.4, -0.2) is 34.8 Å². The van der Waals surface area contributed by atoms with Crippen LogP contribution in [0.5, 0.6) is 0 Å². The molecule has 0 aliphatic heterocycles. The molecule has 0 radical (unpaired) electrons. The fourth-order valence-electron chi connectivity index (χ4n) is 1.28. The average Bonchev–Trinajstić information content (AvgIpc) is 2.10. The zero-order valence-corrected chi connectivity index (χ0v) is 12.6. The maximum Gasteiger partial charge on any atom is 0.0436 e. The van der Waals surface area contributed by atoms with Crippen LogP contribution in [0.4, 0.5) is 0 Å². The number of aliphatic hydroxyl groups is 1. The van der Waals surface area contributed by atoms with Gasteiger partial charge < -0.3 is 10.4 Å². The minimum atomic E-state index is 0.190. The third-order valence-electron chi connectivity index (χ3n) is 2.48. The van der Waals surface area contributed by atoms with E-state index in [2.05, 4.69) is 46.9 Å². The monoisotopic (exact) mass is 247 g/mol. The predicted octanol–water partition coefficient (Wildman–Crippen LogP) is 2.90. The van der Waals surface area contributed by atoms with E-state index in [-0.39, 0.29) is 12.0 Å². The lowest BCUT2D eigenvalue weighted by molar-refractivity contribution is 0.204. The second-order valence-electron chi connectivity index (χ2n) is 6.34. The Morgan fingerprint density at radius 2 is 1.75 bits per heavy atom. The van der Waals surface area contributed by atoms with E-state index >= 15 is 0 Å². The van der Waals surface area contributed by atoms with Crippen molar-refractivity contribution < 1.29 is 5.11 Å². The molecule has 0 aromatic rings. The Balaban J connectivity index is 3.76. The van der Waals surface area contributed by atoms with Crippen LogP contribution in [0.1, 0.15) is 48.0 Å². The van der Waals surface area contributed by atoms with Gasteiger partial charge in [-0.2, -0.15) is 11.8 Å². The van der Waals surface area contributed by atoms with Gasteiger partial charge >= 0.3 is 0 Å². The molecule has 98 valence electrons. The summed E-state index contributed by atoms with van der Waals surface area (Å²) >= 11 is 1.99. The second-order valence-corrected chi connectivity index (χ2v) is 8.19. The van der Waals surface area contributed by atoms with Gasteiger partial charge in [-0.15, -0.1) is 0 Å². The van der Waals surface area contributed by atoms with Gasteiger partial charge in [0, 0.05) is 29.7 Å².